The number of aliphatic hydroxyl groups excluding tert-OH is 1. The van der Waals surface area contributed by atoms with Crippen molar-refractivity contribution in [1.29, 1.82) is 0 Å². The van der Waals surface area contributed by atoms with Gasteiger partial charge in [0.05, 0.1) is 18.9 Å². The van der Waals surface area contributed by atoms with Crippen molar-refractivity contribution in [2.24, 2.45) is 11.0 Å². The maximum atomic E-state index is 9.82. The quantitative estimate of drug-likeness (QED) is 0.691. The van der Waals surface area contributed by atoms with Crippen molar-refractivity contribution >= 4 is 22.5 Å². The zero-order valence-corrected chi connectivity index (χ0v) is 17.0. The molecule has 0 spiro atoms. The Morgan fingerprint density at radius 2 is 1.87 bits per heavy atom. The molecule has 7 nitrogen and oxygen atoms in total. The lowest BCUT2D eigenvalue weighted by Gasteiger charge is -2.28. The number of nitrogens with zero attached hydrogens (tertiary/aromatic N) is 3. The van der Waals surface area contributed by atoms with E-state index in [1.165, 1.54) is 5.69 Å². The number of aliphatic hydroxyl groups is 1. The van der Waals surface area contributed by atoms with E-state index in [9.17, 15) is 5.11 Å². The van der Waals surface area contributed by atoms with Gasteiger partial charge in [-0.2, -0.15) is 5.10 Å². The van der Waals surface area contributed by atoms with Gasteiger partial charge in [-0.25, -0.2) is 4.98 Å². The minimum Gasteiger partial charge on any atom is -0.436 e. The number of nitrogens with one attached hydrogen (secondary N) is 1. The van der Waals surface area contributed by atoms with Gasteiger partial charge in [0, 0.05) is 42.2 Å². The monoisotopic (exact) mass is 406 g/mol. The summed E-state index contributed by atoms with van der Waals surface area (Å²) < 4.78 is 11.5. The number of hydrazone groups is 1. The van der Waals surface area contributed by atoms with E-state index >= 15 is 0 Å². The zero-order valence-electron chi connectivity index (χ0n) is 17.0. The molecular weight excluding hydrogens is 380 g/mol. The van der Waals surface area contributed by atoms with Gasteiger partial charge < -0.3 is 19.2 Å². The van der Waals surface area contributed by atoms with Crippen molar-refractivity contribution in [3.05, 3.63) is 48.0 Å². The highest BCUT2D eigenvalue weighted by molar-refractivity contribution is 6.04. The number of rotatable bonds is 4. The molecule has 2 unspecified atom stereocenters. The van der Waals surface area contributed by atoms with Gasteiger partial charge in [0.15, 0.2) is 5.58 Å². The fourth-order valence-electron chi connectivity index (χ4n) is 4.17. The maximum absolute atomic E-state index is 9.82. The number of oxazole rings is 1. The van der Waals surface area contributed by atoms with Crippen LogP contribution in [0.1, 0.15) is 25.3 Å². The summed E-state index contributed by atoms with van der Waals surface area (Å²) in [6, 6.07) is 14.3. The van der Waals surface area contributed by atoms with Crippen LogP contribution in [0.15, 0.2) is 52.0 Å². The first-order chi connectivity index (χ1) is 14.7. The standard InChI is InChI=1S/C23H26N4O3/c1-2-15-14-21(28)25-26-22(15)17-5-8-19-20(13-17)30-23(24-19)16-3-6-18(7-4-16)27-9-11-29-12-10-27/h3-8,13,15,21,25,28H,2,9-12,14H2,1H3. The molecule has 1 aromatic heterocycles. The Hall–Kier alpha value is -2.90. The molecule has 7 heteroatoms. The van der Waals surface area contributed by atoms with Crippen LogP contribution < -0.4 is 10.3 Å². The van der Waals surface area contributed by atoms with Gasteiger partial charge in [0.25, 0.3) is 0 Å². The number of aromatic nitrogens is 1. The van der Waals surface area contributed by atoms with Gasteiger partial charge in [0.1, 0.15) is 11.7 Å². The van der Waals surface area contributed by atoms with E-state index in [1.807, 2.05) is 18.2 Å². The minimum atomic E-state index is -0.584. The Morgan fingerprint density at radius 1 is 1.10 bits per heavy atom. The Balaban J connectivity index is 1.41. The smallest absolute Gasteiger partial charge is 0.227 e. The summed E-state index contributed by atoms with van der Waals surface area (Å²) in [5.74, 6) is 0.829. The van der Waals surface area contributed by atoms with E-state index in [2.05, 4.69) is 51.6 Å². The molecule has 30 heavy (non-hydrogen) atoms. The first kappa shape index (κ1) is 19.1. The topological polar surface area (TPSA) is 83.1 Å². The van der Waals surface area contributed by atoms with Crippen molar-refractivity contribution in [3.8, 4) is 11.5 Å². The summed E-state index contributed by atoms with van der Waals surface area (Å²) in [7, 11) is 0. The van der Waals surface area contributed by atoms with Gasteiger partial charge in [-0.1, -0.05) is 13.0 Å². The lowest BCUT2D eigenvalue weighted by Crippen LogP contribution is -2.36. The van der Waals surface area contributed by atoms with Crippen LogP contribution >= 0.6 is 0 Å². The van der Waals surface area contributed by atoms with Crippen molar-refractivity contribution in [2.75, 3.05) is 31.2 Å². The molecule has 2 aliphatic rings. The second-order valence-corrected chi connectivity index (χ2v) is 7.83. The third-order valence-corrected chi connectivity index (χ3v) is 5.90. The highest BCUT2D eigenvalue weighted by Gasteiger charge is 2.25. The lowest BCUT2D eigenvalue weighted by atomic mass is 9.90. The first-order valence-corrected chi connectivity index (χ1v) is 10.6. The van der Waals surface area contributed by atoms with Gasteiger partial charge in [0.2, 0.25) is 5.89 Å². The Labute approximate surface area is 175 Å². The predicted octanol–water partition coefficient (Wildman–Crippen LogP) is 3.37. The lowest BCUT2D eigenvalue weighted by molar-refractivity contribution is 0.111. The molecule has 1 saturated heterocycles. The number of hydrogen-bond acceptors (Lipinski definition) is 7. The van der Waals surface area contributed by atoms with Crippen molar-refractivity contribution < 1.29 is 14.3 Å². The van der Waals surface area contributed by atoms with E-state index in [4.69, 9.17) is 9.15 Å². The van der Waals surface area contributed by atoms with E-state index in [-0.39, 0.29) is 5.92 Å². The van der Waals surface area contributed by atoms with E-state index in [1.54, 1.807) is 0 Å². The molecule has 0 radical (unpaired) electrons. The molecule has 156 valence electrons. The minimum absolute atomic E-state index is 0.217. The molecule has 1 fully saturated rings. The molecule has 2 N–H and O–H groups in total. The second kappa shape index (κ2) is 8.08. The SMILES string of the molecule is CCC1CC(O)NN=C1c1ccc2nc(-c3ccc(N4CCOCC4)cc3)oc2c1. The average Bonchev–Trinajstić information content (AvgIpc) is 3.23. The molecule has 2 aromatic carbocycles. The number of fused-ring (bicyclic) bond motifs is 1. The van der Waals surface area contributed by atoms with Crippen LogP contribution in [0.4, 0.5) is 5.69 Å². The molecule has 0 saturated carbocycles. The van der Waals surface area contributed by atoms with E-state index in [0.717, 1.165) is 60.7 Å². The van der Waals surface area contributed by atoms with Crippen LogP contribution in [0.5, 0.6) is 0 Å². The average molecular weight is 406 g/mol. The zero-order chi connectivity index (χ0) is 20.5. The fraction of sp³-hybridized carbons (Fsp3) is 0.391. The van der Waals surface area contributed by atoms with Crippen LogP contribution in [0, 0.1) is 5.92 Å². The van der Waals surface area contributed by atoms with Crippen LogP contribution in [0.2, 0.25) is 0 Å². The predicted molar refractivity (Wildman–Crippen MR) is 117 cm³/mol. The summed E-state index contributed by atoms with van der Waals surface area (Å²) >= 11 is 0. The molecular formula is C23H26N4O3. The molecule has 2 atom stereocenters. The fourth-order valence-corrected chi connectivity index (χ4v) is 4.17. The Morgan fingerprint density at radius 3 is 2.63 bits per heavy atom. The van der Waals surface area contributed by atoms with Gasteiger partial charge >= 0.3 is 0 Å². The number of hydrogen-bond donors (Lipinski definition) is 2. The number of anilines is 1. The highest BCUT2D eigenvalue weighted by Crippen LogP contribution is 2.29. The molecule has 0 aliphatic carbocycles. The van der Waals surface area contributed by atoms with Crippen LogP contribution in [-0.4, -0.2) is 48.3 Å². The summed E-state index contributed by atoms with van der Waals surface area (Å²) in [6.45, 7) is 5.49. The number of ether oxygens (including phenoxy) is 1. The molecule has 0 bridgehead atoms. The van der Waals surface area contributed by atoms with E-state index in [0.29, 0.717) is 12.3 Å². The molecule has 3 aromatic rings. The van der Waals surface area contributed by atoms with Gasteiger partial charge in [-0.15, -0.1) is 0 Å². The highest BCUT2D eigenvalue weighted by atomic mass is 16.5. The normalized spacial score (nSPS) is 22.1. The third-order valence-electron chi connectivity index (χ3n) is 5.90. The van der Waals surface area contributed by atoms with Crippen LogP contribution in [-0.2, 0) is 4.74 Å². The van der Waals surface area contributed by atoms with Crippen molar-refractivity contribution in [1.82, 2.24) is 10.4 Å². The van der Waals surface area contributed by atoms with Gasteiger partial charge in [-0.05, 0) is 42.8 Å². The molecule has 2 aliphatic heterocycles. The number of benzene rings is 2. The summed E-state index contributed by atoms with van der Waals surface area (Å²) in [5, 5.41) is 14.2. The second-order valence-electron chi connectivity index (χ2n) is 7.83. The summed E-state index contributed by atoms with van der Waals surface area (Å²) in [4.78, 5) is 6.99. The molecule has 0 amide bonds. The largest absolute Gasteiger partial charge is 0.436 e. The third kappa shape index (κ3) is 3.66. The number of morpholine rings is 1. The molecule has 3 heterocycles. The van der Waals surface area contributed by atoms with Crippen LogP contribution in [0.3, 0.4) is 0 Å². The van der Waals surface area contributed by atoms with Crippen LogP contribution in [0.25, 0.3) is 22.6 Å². The van der Waals surface area contributed by atoms with E-state index < -0.39 is 6.23 Å². The summed E-state index contributed by atoms with van der Waals surface area (Å²) in [6.07, 6.45) is 0.997. The van der Waals surface area contributed by atoms with Crippen molar-refractivity contribution in [3.63, 3.8) is 0 Å². The van der Waals surface area contributed by atoms with Gasteiger partial charge in [-0.3, -0.25) is 5.43 Å². The summed E-state index contributed by atoms with van der Waals surface area (Å²) in [5.41, 5.74) is 8.45. The molecule has 5 rings (SSSR count). The maximum Gasteiger partial charge on any atom is 0.227 e. The van der Waals surface area contributed by atoms with Crippen molar-refractivity contribution in [2.45, 2.75) is 26.0 Å². The first-order valence-electron chi connectivity index (χ1n) is 10.6. The Kier molecular flexibility index (Phi) is 5.14. The Bertz CT molecular complexity index is 1050.